The van der Waals surface area contributed by atoms with E-state index in [4.69, 9.17) is 5.73 Å². The molecule has 1 aliphatic heterocycles. The van der Waals surface area contributed by atoms with Crippen LogP contribution in [0.1, 0.15) is 31.7 Å². The third kappa shape index (κ3) is 2.53. The van der Waals surface area contributed by atoms with Crippen molar-refractivity contribution in [2.45, 2.75) is 32.7 Å². The van der Waals surface area contributed by atoms with Crippen molar-refractivity contribution in [3.8, 4) is 0 Å². The topological polar surface area (TPSA) is 42.2 Å². The Morgan fingerprint density at radius 1 is 1.44 bits per heavy atom. The van der Waals surface area contributed by atoms with Crippen LogP contribution in [0.4, 0.5) is 5.82 Å². The third-order valence-corrected chi connectivity index (χ3v) is 3.40. The van der Waals surface area contributed by atoms with E-state index >= 15 is 0 Å². The summed E-state index contributed by atoms with van der Waals surface area (Å²) in [6.45, 7) is 5.15. The SMILES string of the molecule is CC1CCCN(c2ncccc2CN)CC1. The fourth-order valence-electron chi connectivity index (χ4n) is 2.35. The molecule has 1 saturated heterocycles. The Hall–Kier alpha value is -1.09. The molecule has 0 aromatic carbocycles. The minimum atomic E-state index is 0.579. The number of rotatable bonds is 2. The Bertz CT molecular complexity index is 338. The van der Waals surface area contributed by atoms with Gasteiger partial charge in [-0.05, 0) is 31.2 Å². The van der Waals surface area contributed by atoms with E-state index in [1.54, 1.807) is 0 Å². The smallest absolute Gasteiger partial charge is 0.132 e. The lowest BCUT2D eigenvalue weighted by molar-refractivity contribution is 0.521. The molecule has 1 fully saturated rings. The fraction of sp³-hybridized carbons (Fsp3) is 0.615. The van der Waals surface area contributed by atoms with Gasteiger partial charge < -0.3 is 10.6 Å². The first kappa shape index (κ1) is 11.4. The van der Waals surface area contributed by atoms with Crippen molar-refractivity contribution in [1.29, 1.82) is 0 Å². The van der Waals surface area contributed by atoms with Crippen molar-refractivity contribution in [3.63, 3.8) is 0 Å². The molecule has 2 rings (SSSR count). The Labute approximate surface area is 97.7 Å². The molecular formula is C13H21N3. The molecule has 1 aromatic heterocycles. The summed E-state index contributed by atoms with van der Waals surface area (Å²) in [4.78, 5) is 6.88. The van der Waals surface area contributed by atoms with Gasteiger partial charge in [0, 0.05) is 31.4 Å². The molecule has 0 amide bonds. The van der Waals surface area contributed by atoms with Crippen molar-refractivity contribution in [1.82, 2.24) is 4.98 Å². The van der Waals surface area contributed by atoms with E-state index in [9.17, 15) is 0 Å². The quantitative estimate of drug-likeness (QED) is 0.829. The van der Waals surface area contributed by atoms with Crippen LogP contribution in [-0.2, 0) is 6.54 Å². The van der Waals surface area contributed by atoms with E-state index < -0.39 is 0 Å². The number of hydrogen-bond acceptors (Lipinski definition) is 3. The molecule has 2 heterocycles. The molecule has 16 heavy (non-hydrogen) atoms. The monoisotopic (exact) mass is 219 g/mol. The molecule has 88 valence electrons. The van der Waals surface area contributed by atoms with Crippen LogP contribution in [0, 0.1) is 5.92 Å². The predicted octanol–water partition coefficient (Wildman–Crippen LogP) is 2.17. The van der Waals surface area contributed by atoms with Crippen LogP contribution < -0.4 is 10.6 Å². The first-order valence-electron chi connectivity index (χ1n) is 6.20. The summed E-state index contributed by atoms with van der Waals surface area (Å²) in [6.07, 6.45) is 5.73. The van der Waals surface area contributed by atoms with Crippen LogP contribution in [0.3, 0.4) is 0 Å². The highest BCUT2D eigenvalue weighted by atomic mass is 15.2. The number of aromatic nitrogens is 1. The van der Waals surface area contributed by atoms with E-state index in [2.05, 4.69) is 22.9 Å². The van der Waals surface area contributed by atoms with E-state index in [0.29, 0.717) is 6.54 Å². The molecule has 0 saturated carbocycles. The summed E-state index contributed by atoms with van der Waals surface area (Å²) in [5, 5.41) is 0. The number of pyridine rings is 1. The highest BCUT2D eigenvalue weighted by Gasteiger charge is 2.16. The van der Waals surface area contributed by atoms with Gasteiger partial charge in [-0.3, -0.25) is 0 Å². The summed E-state index contributed by atoms with van der Waals surface area (Å²) >= 11 is 0. The third-order valence-electron chi connectivity index (χ3n) is 3.40. The average molecular weight is 219 g/mol. The molecule has 0 aliphatic carbocycles. The predicted molar refractivity (Wildman–Crippen MR) is 67.4 cm³/mol. The van der Waals surface area contributed by atoms with Crippen molar-refractivity contribution in [3.05, 3.63) is 23.9 Å². The standard InChI is InChI=1S/C13H21N3/c1-11-4-3-8-16(9-6-11)13-12(10-14)5-2-7-15-13/h2,5,7,11H,3-4,6,8-10,14H2,1H3. The molecule has 0 bridgehead atoms. The molecule has 1 aromatic rings. The highest BCUT2D eigenvalue weighted by molar-refractivity contribution is 5.46. The Balaban J connectivity index is 2.16. The average Bonchev–Trinajstić information content (AvgIpc) is 2.54. The minimum Gasteiger partial charge on any atom is -0.356 e. The van der Waals surface area contributed by atoms with Crippen LogP contribution >= 0.6 is 0 Å². The van der Waals surface area contributed by atoms with Crippen LogP contribution in [0.15, 0.2) is 18.3 Å². The second-order valence-corrected chi connectivity index (χ2v) is 4.71. The Kier molecular flexibility index (Phi) is 3.78. The van der Waals surface area contributed by atoms with Gasteiger partial charge in [0.25, 0.3) is 0 Å². The largest absolute Gasteiger partial charge is 0.356 e. The van der Waals surface area contributed by atoms with Crippen molar-refractivity contribution >= 4 is 5.82 Å². The fourth-order valence-corrected chi connectivity index (χ4v) is 2.35. The number of hydrogen-bond donors (Lipinski definition) is 1. The van der Waals surface area contributed by atoms with Crippen LogP contribution in [-0.4, -0.2) is 18.1 Å². The minimum absolute atomic E-state index is 0.579. The van der Waals surface area contributed by atoms with Gasteiger partial charge in [0.1, 0.15) is 5.82 Å². The molecule has 1 unspecified atom stereocenters. The summed E-state index contributed by atoms with van der Waals surface area (Å²) < 4.78 is 0. The summed E-state index contributed by atoms with van der Waals surface area (Å²) in [6, 6.07) is 4.04. The van der Waals surface area contributed by atoms with Crippen molar-refractivity contribution < 1.29 is 0 Å². The van der Waals surface area contributed by atoms with Gasteiger partial charge >= 0.3 is 0 Å². The molecule has 1 aliphatic rings. The Morgan fingerprint density at radius 3 is 3.12 bits per heavy atom. The zero-order valence-corrected chi connectivity index (χ0v) is 10.0. The van der Waals surface area contributed by atoms with E-state index in [1.807, 2.05) is 12.3 Å². The second-order valence-electron chi connectivity index (χ2n) is 4.71. The van der Waals surface area contributed by atoms with Crippen LogP contribution in [0.5, 0.6) is 0 Å². The summed E-state index contributed by atoms with van der Waals surface area (Å²) in [5.41, 5.74) is 6.92. The molecular weight excluding hydrogens is 198 g/mol. The lowest BCUT2D eigenvalue weighted by Crippen LogP contribution is -2.26. The maximum atomic E-state index is 5.76. The van der Waals surface area contributed by atoms with Gasteiger partial charge in [0.15, 0.2) is 0 Å². The van der Waals surface area contributed by atoms with Crippen LogP contribution in [0.25, 0.3) is 0 Å². The van der Waals surface area contributed by atoms with E-state index in [1.165, 1.54) is 19.3 Å². The normalized spacial score (nSPS) is 21.9. The summed E-state index contributed by atoms with van der Waals surface area (Å²) in [7, 11) is 0. The number of nitrogens with zero attached hydrogens (tertiary/aromatic N) is 2. The van der Waals surface area contributed by atoms with Crippen molar-refractivity contribution in [2.24, 2.45) is 11.7 Å². The summed E-state index contributed by atoms with van der Waals surface area (Å²) in [5.74, 6) is 1.94. The highest BCUT2D eigenvalue weighted by Crippen LogP contribution is 2.23. The van der Waals surface area contributed by atoms with Gasteiger partial charge in [-0.2, -0.15) is 0 Å². The Morgan fingerprint density at radius 2 is 2.31 bits per heavy atom. The number of nitrogens with two attached hydrogens (primary N) is 1. The van der Waals surface area contributed by atoms with Gasteiger partial charge in [-0.25, -0.2) is 4.98 Å². The van der Waals surface area contributed by atoms with Crippen LogP contribution in [0.2, 0.25) is 0 Å². The van der Waals surface area contributed by atoms with E-state index in [0.717, 1.165) is 30.4 Å². The van der Waals surface area contributed by atoms with Gasteiger partial charge in [0.05, 0.1) is 0 Å². The maximum absolute atomic E-state index is 5.76. The first-order valence-corrected chi connectivity index (χ1v) is 6.20. The number of anilines is 1. The first-order chi connectivity index (χ1) is 7.81. The zero-order chi connectivity index (χ0) is 11.4. The van der Waals surface area contributed by atoms with Gasteiger partial charge in [-0.15, -0.1) is 0 Å². The maximum Gasteiger partial charge on any atom is 0.132 e. The molecule has 0 spiro atoms. The van der Waals surface area contributed by atoms with Gasteiger partial charge in [0.2, 0.25) is 0 Å². The lowest BCUT2D eigenvalue weighted by Gasteiger charge is -2.23. The zero-order valence-electron chi connectivity index (χ0n) is 10.0. The molecule has 3 nitrogen and oxygen atoms in total. The lowest BCUT2D eigenvalue weighted by atomic mass is 10.0. The molecule has 0 radical (unpaired) electrons. The second kappa shape index (κ2) is 5.30. The molecule has 2 N–H and O–H groups in total. The molecule has 3 heteroatoms. The van der Waals surface area contributed by atoms with Gasteiger partial charge in [-0.1, -0.05) is 13.0 Å². The van der Waals surface area contributed by atoms with Crippen molar-refractivity contribution in [2.75, 3.05) is 18.0 Å². The molecule has 1 atom stereocenters. The van der Waals surface area contributed by atoms with E-state index in [-0.39, 0.29) is 0 Å².